The molecular weight excluding hydrogens is 356 g/mol. The normalized spacial score (nSPS) is 30.2. The molecule has 0 aliphatic heterocycles. The third-order valence-corrected chi connectivity index (χ3v) is 4.94. The van der Waals surface area contributed by atoms with E-state index in [4.69, 9.17) is 5.73 Å². The fourth-order valence-corrected chi connectivity index (χ4v) is 4.45. The van der Waals surface area contributed by atoms with Crippen LogP contribution in [0.5, 0.6) is 0 Å². The molecule has 1 fully saturated rings. The second kappa shape index (κ2) is 6.02. The molecule has 3 unspecified atom stereocenters. The summed E-state index contributed by atoms with van der Waals surface area (Å²) in [6.07, 6.45) is 5.60. The number of aromatic nitrogens is 1. The second-order valence-electron chi connectivity index (χ2n) is 5.72. The van der Waals surface area contributed by atoms with Crippen LogP contribution in [0.3, 0.4) is 0 Å². The van der Waals surface area contributed by atoms with E-state index in [-0.39, 0.29) is 6.04 Å². The number of nitrogens with two attached hydrogens (primary N) is 1. The summed E-state index contributed by atoms with van der Waals surface area (Å²) >= 11 is 7.00. The van der Waals surface area contributed by atoms with Gasteiger partial charge in [-0.05, 0) is 74.9 Å². The summed E-state index contributed by atoms with van der Waals surface area (Å²) in [6, 6.07) is 2.07. The lowest BCUT2D eigenvalue weighted by Crippen LogP contribution is -2.30. The lowest BCUT2D eigenvalue weighted by molar-refractivity contribution is 0.191. The number of rotatable bonds is 2. The number of pyridine rings is 1. The minimum absolute atomic E-state index is 0.0395. The van der Waals surface area contributed by atoms with Crippen LogP contribution in [-0.2, 0) is 0 Å². The molecule has 1 heterocycles. The fourth-order valence-electron chi connectivity index (χ4n) is 3.20. The molecule has 18 heavy (non-hydrogen) atoms. The first-order valence-corrected chi connectivity index (χ1v) is 8.12. The van der Waals surface area contributed by atoms with E-state index in [1.807, 2.05) is 12.3 Å². The van der Waals surface area contributed by atoms with Gasteiger partial charge in [-0.15, -0.1) is 0 Å². The zero-order valence-corrected chi connectivity index (χ0v) is 14.0. The van der Waals surface area contributed by atoms with Crippen molar-refractivity contribution in [2.75, 3.05) is 0 Å². The van der Waals surface area contributed by atoms with Gasteiger partial charge < -0.3 is 5.73 Å². The molecule has 0 aromatic carbocycles. The van der Waals surface area contributed by atoms with Gasteiger partial charge >= 0.3 is 0 Å². The van der Waals surface area contributed by atoms with Crippen LogP contribution in [0.2, 0.25) is 0 Å². The summed E-state index contributed by atoms with van der Waals surface area (Å²) < 4.78 is 1.99. The van der Waals surface area contributed by atoms with Crippen LogP contribution < -0.4 is 5.73 Å². The molecule has 0 bridgehead atoms. The Bertz CT molecular complexity index is 412. The lowest BCUT2D eigenvalue weighted by Gasteiger charge is -2.35. The first-order chi connectivity index (χ1) is 8.47. The van der Waals surface area contributed by atoms with E-state index in [1.165, 1.54) is 19.3 Å². The average Bonchev–Trinajstić information content (AvgIpc) is 2.26. The van der Waals surface area contributed by atoms with Gasteiger partial charge in [-0.3, -0.25) is 4.98 Å². The van der Waals surface area contributed by atoms with Gasteiger partial charge in [0.05, 0.1) is 11.7 Å². The molecule has 2 N–H and O–H groups in total. The molecule has 3 atom stereocenters. The highest BCUT2D eigenvalue weighted by Gasteiger charge is 2.30. The number of hydrogen-bond acceptors (Lipinski definition) is 2. The van der Waals surface area contributed by atoms with Gasteiger partial charge in [0, 0.05) is 15.1 Å². The van der Waals surface area contributed by atoms with E-state index in [9.17, 15) is 0 Å². The Morgan fingerprint density at radius 3 is 2.39 bits per heavy atom. The molecule has 0 saturated heterocycles. The Balaban J connectivity index is 2.17. The predicted octanol–water partition coefficient (Wildman–Crippen LogP) is 4.68. The third kappa shape index (κ3) is 3.34. The summed E-state index contributed by atoms with van der Waals surface area (Å²) in [5.74, 6) is 2.10. The highest BCUT2D eigenvalue weighted by molar-refractivity contribution is 9.11. The van der Waals surface area contributed by atoms with Crippen LogP contribution in [0.15, 0.2) is 21.2 Å². The van der Waals surface area contributed by atoms with Gasteiger partial charge in [-0.25, -0.2) is 0 Å². The smallest absolute Gasteiger partial charge is 0.0716 e. The van der Waals surface area contributed by atoms with E-state index in [0.717, 1.165) is 26.5 Å². The zero-order valence-electron chi connectivity index (χ0n) is 10.9. The van der Waals surface area contributed by atoms with Gasteiger partial charge in [0.15, 0.2) is 0 Å². The van der Waals surface area contributed by atoms with Crippen molar-refractivity contribution < 1.29 is 0 Å². The van der Waals surface area contributed by atoms with Gasteiger partial charge in [0.25, 0.3) is 0 Å². The molecule has 0 amide bonds. The fraction of sp³-hybridized carbons (Fsp3) is 0.643. The molecular formula is C14H20Br2N2. The summed E-state index contributed by atoms with van der Waals surface area (Å²) in [5, 5.41) is 0. The maximum Gasteiger partial charge on any atom is 0.0716 e. The standard InChI is InChI=1S/C14H20Br2N2/c1-8-3-9(2)5-10(4-8)13(17)14-12(16)6-11(15)7-18-14/h6-10,13H,3-5,17H2,1-2H3. The van der Waals surface area contributed by atoms with E-state index in [1.54, 1.807) is 0 Å². The highest BCUT2D eigenvalue weighted by Crippen LogP contribution is 2.39. The molecule has 1 aliphatic carbocycles. The predicted molar refractivity (Wildman–Crippen MR) is 82.2 cm³/mol. The Kier molecular flexibility index (Phi) is 4.84. The summed E-state index contributed by atoms with van der Waals surface area (Å²) in [4.78, 5) is 4.48. The van der Waals surface area contributed by atoms with Crippen LogP contribution in [-0.4, -0.2) is 4.98 Å². The second-order valence-corrected chi connectivity index (χ2v) is 7.49. The van der Waals surface area contributed by atoms with Crippen molar-refractivity contribution in [3.63, 3.8) is 0 Å². The Morgan fingerprint density at radius 1 is 1.22 bits per heavy atom. The Morgan fingerprint density at radius 2 is 1.83 bits per heavy atom. The van der Waals surface area contributed by atoms with E-state index in [2.05, 4.69) is 50.7 Å². The van der Waals surface area contributed by atoms with E-state index >= 15 is 0 Å². The van der Waals surface area contributed by atoms with Crippen molar-refractivity contribution in [3.05, 3.63) is 26.9 Å². The first kappa shape index (κ1) is 14.5. The largest absolute Gasteiger partial charge is 0.322 e. The van der Waals surface area contributed by atoms with Crippen molar-refractivity contribution >= 4 is 31.9 Å². The van der Waals surface area contributed by atoms with Gasteiger partial charge in [0.2, 0.25) is 0 Å². The average molecular weight is 376 g/mol. The minimum atomic E-state index is 0.0395. The van der Waals surface area contributed by atoms with Crippen LogP contribution in [0.1, 0.15) is 44.8 Å². The highest BCUT2D eigenvalue weighted by atomic mass is 79.9. The summed E-state index contributed by atoms with van der Waals surface area (Å²) in [7, 11) is 0. The van der Waals surface area contributed by atoms with Crippen molar-refractivity contribution in [2.24, 2.45) is 23.5 Å². The summed E-state index contributed by atoms with van der Waals surface area (Å²) in [6.45, 7) is 4.67. The maximum absolute atomic E-state index is 6.44. The summed E-state index contributed by atoms with van der Waals surface area (Å²) in [5.41, 5.74) is 7.43. The van der Waals surface area contributed by atoms with E-state index in [0.29, 0.717) is 5.92 Å². The van der Waals surface area contributed by atoms with Crippen molar-refractivity contribution in [1.82, 2.24) is 4.98 Å². The topological polar surface area (TPSA) is 38.9 Å². The molecule has 100 valence electrons. The number of hydrogen-bond donors (Lipinski definition) is 1. The van der Waals surface area contributed by atoms with Crippen molar-refractivity contribution in [2.45, 2.75) is 39.2 Å². The molecule has 2 nitrogen and oxygen atoms in total. The lowest BCUT2D eigenvalue weighted by atomic mass is 9.73. The van der Waals surface area contributed by atoms with Crippen molar-refractivity contribution in [3.8, 4) is 0 Å². The Hall–Kier alpha value is 0.0700. The van der Waals surface area contributed by atoms with Gasteiger partial charge in [-0.2, -0.15) is 0 Å². The molecule has 1 aliphatic rings. The van der Waals surface area contributed by atoms with Crippen LogP contribution in [0, 0.1) is 17.8 Å². The number of halogens is 2. The molecule has 4 heteroatoms. The minimum Gasteiger partial charge on any atom is -0.322 e. The van der Waals surface area contributed by atoms with Gasteiger partial charge in [0.1, 0.15) is 0 Å². The number of nitrogens with zero attached hydrogens (tertiary/aromatic N) is 1. The quantitative estimate of drug-likeness (QED) is 0.814. The SMILES string of the molecule is CC1CC(C)CC(C(N)c2ncc(Br)cc2Br)C1. The molecule has 0 radical (unpaired) electrons. The van der Waals surface area contributed by atoms with E-state index < -0.39 is 0 Å². The molecule has 1 aromatic rings. The Labute approximate surface area is 126 Å². The zero-order chi connectivity index (χ0) is 13.3. The van der Waals surface area contributed by atoms with Gasteiger partial charge in [-0.1, -0.05) is 13.8 Å². The monoisotopic (exact) mass is 374 g/mol. The molecule has 0 spiro atoms. The van der Waals surface area contributed by atoms with Crippen LogP contribution in [0.25, 0.3) is 0 Å². The molecule has 2 rings (SSSR count). The van der Waals surface area contributed by atoms with Crippen molar-refractivity contribution in [1.29, 1.82) is 0 Å². The molecule has 1 aromatic heterocycles. The molecule has 1 saturated carbocycles. The van der Waals surface area contributed by atoms with Crippen LogP contribution >= 0.6 is 31.9 Å². The maximum atomic E-state index is 6.44. The van der Waals surface area contributed by atoms with Crippen LogP contribution in [0.4, 0.5) is 0 Å². The first-order valence-electron chi connectivity index (χ1n) is 6.54. The third-order valence-electron chi connectivity index (χ3n) is 3.87.